The molecule has 1 aromatic carbocycles. The van der Waals surface area contributed by atoms with Crippen molar-refractivity contribution < 1.29 is 14.0 Å². The minimum atomic E-state index is -0.675. The van der Waals surface area contributed by atoms with Crippen LogP contribution in [0.25, 0.3) is 0 Å². The smallest absolute Gasteiger partial charge is 0.248 e. The number of anilines is 1. The van der Waals surface area contributed by atoms with E-state index in [-0.39, 0.29) is 29.7 Å². The van der Waals surface area contributed by atoms with Crippen molar-refractivity contribution in [2.24, 2.45) is 5.73 Å². The first kappa shape index (κ1) is 14.1. The van der Waals surface area contributed by atoms with Crippen LogP contribution >= 0.6 is 0 Å². The average Bonchev–Trinajstić information content (AvgIpc) is 2.29. The van der Waals surface area contributed by atoms with Crippen LogP contribution in [0, 0.1) is 5.82 Å². The predicted octanol–water partition coefficient (Wildman–Crippen LogP) is 0.861. The van der Waals surface area contributed by atoms with E-state index in [1.165, 1.54) is 12.1 Å². The van der Waals surface area contributed by atoms with Gasteiger partial charge in [-0.25, -0.2) is 4.39 Å². The molecule has 0 aliphatic heterocycles. The Kier molecular flexibility index (Phi) is 4.79. The average molecular weight is 253 g/mol. The van der Waals surface area contributed by atoms with Crippen molar-refractivity contribution in [3.05, 3.63) is 29.6 Å². The standard InChI is InChI=1S/C12H16FN3O2/c1-7(2)15-6-11(17)16-10-5-8(12(14)18)3-4-9(10)13/h3-5,7,15H,6H2,1-2H3,(H2,14,18)(H,16,17). The Hall–Kier alpha value is -1.95. The molecule has 0 unspecified atom stereocenters. The molecule has 4 N–H and O–H groups in total. The fourth-order valence-electron chi connectivity index (χ4n) is 1.27. The van der Waals surface area contributed by atoms with E-state index in [0.717, 1.165) is 6.07 Å². The number of amides is 2. The van der Waals surface area contributed by atoms with Crippen LogP contribution in [0.4, 0.5) is 10.1 Å². The molecule has 0 aliphatic rings. The Morgan fingerprint density at radius 1 is 1.39 bits per heavy atom. The van der Waals surface area contributed by atoms with Gasteiger partial charge in [0.1, 0.15) is 5.82 Å². The maximum absolute atomic E-state index is 13.4. The summed E-state index contributed by atoms with van der Waals surface area (Å²) in [5.41, 5.74) is 5.16. The lowest BCUT2D eigenvalue weighted by molar-refractivity contribution is -0.115. The Morgan fingerprint density at radius 2 is 2.06 bits per heavy atom. The largest absolute Gasteiger partial charge is 0.366 e. The number of carbonyl (C=O) groups is 2. The van der Waals surface area contributed by atoms with Gasteiger partial charge in [0.2, 0.25) is 11.8 Å². The third-order valence-corrected chi connectivity index (χ3v) is 2.20. The first-order valence-corrected chi connectivity index (χ1v) is 5.52. The Bertz CT molecular complexity index is 461. The van der Waals surface area contributed by atoms with E-state index in [1.54, 1.807) is 0 Å². The third kappa shape index (κ3) is 4.14. The lowest BCUT2D eigenvalue weighted by Crippen LogP contribution is -2.32. The van der Waals surface area contributed by atoms with Gasteiger partial charge < -0.3 is 16.4 Å². The van der Waals surface area contributed by atoms with Crippen molar-refractivity contribution in [3.8, 4) is 0 Å². The maximum Gasteiger partial charge on any atom is 0.248 e. The van der Waals surface area contributed by atoms with Crippen molar-refractivity contribution >= 4 is 17.5 Å². The first-order valence-electron chi connectivity index (χ1n) is 5.52. The molecule has 0 radical (unpaired) electrons. The van der Waals surface area contributed by atoms with Crippen LogP contribution in [-0.4, -0.2) is 24.4 Å². The lowest BCUT2D eigenvalue weighted by Gasteiger charge is -2.10. The Balaban J connectivity index is 2.74. The second-order valence-corrected chi connectivity index (χ2v) is 4.14. The summed E-state index contributed by atoms with van der Waals surface area (Å²) >= 11 is 0. The highest BCUT2D eigenvalue weighted by atomic mass is 19.1. The predicted molar refractivity (Wildman–Crippen MR) is 66.7 cm³/mol. The van der Waals surface area contributed by atoms with E-state index in [4.69, 9.17) is 5.73 Å². The molecular formula is C12H16FN3O2. The number of rotatable bonds is 5. The SMILES string of the molecule is CC(C)NCC(=O)Nc1cc(C(N)=O)ccc1F. The minimum absolute atomic E-state index is 0.0538. The van der Waals surface area contributed by atoms with Crippen molar-refractivity contribution in [2.75, 3.05) is 11.9 Å². The molecule has 1 rings (SSSR count). The molecule has 18 heavy (non-hydrogen) atoms. The van der Waals surface area contributed by atoms with Gasteiger partial charge in [0.05, 0.1) is 12.2 Å². The topological polar surface area (TPSA) is 84.2 Å². The summed E-state index contributed by atoms with van der Waals surface area (Å²) in [5.74, 6) is -1.67. The maximum atomic E-state index is 13.4. The molecule has 0 aliphatic carbocycles. The van der Waals surface area contributed by atoms with Gasteiger partial charge in [-0.1, -0.05) is 13.8 Å². The molecule has 0 fully saturated rings. The number of nitrogens with two attached hydrogens (primary N) is 1. The molecule has 0 atom stereocenters. The summed E-state index contributed by atoms with van der Waals surface area (Å²) in [6, 6.07) is 3.72. The second kappa shape index (κ2) is 6.11. The number of nitrogens with one attached hydrogen (secondary N) is 2. The number of benzene rings is 1. The summed E-state index contributed by atoms with van der Waals surface area (Å²) < 4.78 is 13.4. The van der Waals surface area contributed by atoms with Gasteiger partial charge in [0.15, 0.2) is 0 Å². The quantitative estimate of drug-likeness (QED) is 0.727. The highest BCUT2D eigenvalue weighted by Gasteiger charge is 2.10. The molecule has 0 heterocycles. The Labute approximate surface area is 105 Å². The van der Waals surface area contributed by atoms with E-state index in [2.05, 4.69) is 10.6 Å². The van der Waals surface area contributed by atoms with Gasteiger partial charge in [-0.15, -0.1) is 0 Å². The van der Waals surface area contributed by atoms with Gasteiger partial charge in [-0.2, -0.15) is 0 Å². The third-order valence-electron chi connectivity index (χ3n) is 2.20. The summed E-state index contributed by atoms with van der Waals surface area (Å²) in [4.78, 5) is 22.4. The monoisotopic (exact) mass is 253 g/mol. The van der Waals surface area contributed by atoms with E-state index in [0.29, 0.717) is 0 Å². The van der Waals surface area contributed by atoms with Crippen LogP contribution in [0.3, 0.4) is 0 Å². The second-order valence-electron chi connectivity index (χ2n) is 4.14. The molecule has 0 aromatic heterocycles. The van der Waals surface area contributed by atoms with Gasteiger partial charge in [0.25, 0.3) is 0 Å². The summed E-state index contributed by atoms with van der Waals surface area (Å²) in [7, 11) is 0. The fourth-order valence-corrected chi connectivity index (χ4v) is 1.27. The molecule has 0 spiro atoms. The van der Waals surface area contributed by atoms with Crippen LogP contribution in [0.1, 0.15) is 24.2 Å². The number of halogens is 1. The van der Waals surface area contributed by atoms with Gasteiger partial charge >= 0.3 is 0 Å². The number of primary amides is 1. The van der Waals surface area contributed by atoms with Crippen LogP contribution in [0.5, 0.6) is 0 Å². The van der Waals surface area contributed by atoms with E-state index < -0.39 is 11.7 Å². The van der Waals surface area contributed by atoms with Crippen molar-refractivity contribution in [1.29, 1.82) is 0 Å². The molecular weight excluding hydrogens is 237 g/mol. The normalized spacial score (nSPS) is 10.4. The zero-order valence-corrected chi connectivity index (χ0v) is 10.3. The van der Waals surface area contributed by atoms with Gasteiger partial charge in [0, 0.05) is 11.6 Å². The molecule has 1 aromatic rings. The summed E-state index contributed by atoms with van der Waals surface area (Å²) in [6.07, 6.45) is 0. The number of hydrogen-bond acceptors (Lipinski definition) is 3. The van der Waals surface area contributed by atoms with Crippen molar-refractivity contribution in [1.82, 2.24) is 5.32 Å². The zero-order valence-electron chi connectivity index (χ0n) is 10.3. The van der Waals surface area contributed by atoms with E-state index in [9.17, 15) is 14.0 Å². The lowest BCUT2D eigenvalue weighted by atomic mass is 10.2. The van der Waals surface area contributed by atoms with Crippen LogP contribution in [0.2, 0.25) is 0 Å². The summed E-state index contributed by atoms with van der Waals surface area (Å²) in [5, 5.41) is 5.27. The van der Waals surface area contributed by atoms with Crippen molar-refractivity contribution in [3.63, 3.8) is 0 Å². The fraction of sp³-hybridized carbons (Fsp3) is 0.333. The van der Waals surface area contributed by atoms with Gasteiger partial charge in [-0.3, -0.25) is 9.59 Å². The number of hydrogen-bond donors (Lipinski definition) is 3. The highest BCUT2D eigenvalue weighted by molar-refractivity contribution is 5.96. The molecule has 0 saturated carbocycles. The first-order chi connectivity index (χ1) is 8.40. The highest BCUT2D eigenvalue weighted by Crippen LogP contribution is 2.15. The summed E-state index contributed by atoms with van der Waals surface area (Å²) in [6.45, 7) is 3.85. The van der Waals surface area contributed by atoms with Crippen LogP contribution < -0.4 is 16.4 Å². The molecule has 98 valence electrons. The van der Waals surface area contributed by atoms with E-state index in [1.807, 2.05) is 13.8 Å². The zero-order chi connectivity index (χ0) is 13.7. The van der Waals surface area contributed by atoms with Gasteiger partial charge in [-0.05, 0) is 18.2 Å². The Morgan fingerprint density at radius 3 is 2.61 bits per heavy atom. The van der Waals surface area contributed by atoms with Crippen molar-refractivity contribution in [2.45, 2.75) is 19.9 Å². The van der Waals surface area contributed by atoms with Crippen LogP contribution in [0.15, 0.2) is 18.2 Å². The molecule has 0 saturated heterocycles. The molecule has 5 nitrogen and oxygen atoms in total. The molecule has 6 heteroatoms. The molecule has 0 bridgehead atoms. The van der Waals surface area contributed by atoms with E-state index >= 15 is 0 Å². The number of carbonyl (C=O) groups excluding carboxylic acids is 2. The van der Waals surface area contributed by atoms with Crippen LogP contribution in [-0.2, 0) is 4.79 Å². The molecule has 2 amide bonds. The minimum Gasteiger partial charge on any atom is -0.366 e.